The second-order valence-electron chi connectivity index (χ2n) is 4.98. The summed E-state index contributed by atoms with van der Waals surface area (Å²) < 4.78 is 31.5. The number of benzene rings is 1. The average molecular weight is 373 g/mol. The van der Waals surface area contributed by atoms with E-state index in [2.05, 4.69) is 20.6 Å². The summed E-state index contributed by atoms with van der Waals surface area (Å²) in [7, 11) is -1.84. The molecule has 3 N–H and O–H groups in total. The smallest absolute Gasteiger partial charge is 0.240 e. The summed E-state index contributed by atoms with van der Waals surface area (Å²) in [6.07, 6.45) is 0.743. The summed E-state index contributed by atoms with van der Waals surface area (Å²) in [4.78, 5) is 0.234. The Kier molecular flexibility index (Phi) is 8.83. The fourth-order valence-electron chi connectivity index (χ4n) is 1.70. The van der Waals surface area contributed by atoms with Crippen molar-refractivity contribution in [2.75, 3.05) is 26.8 Å². The van der Waals surface area contributed by atoms with E-state index in [0.29, 0.717) is 30.5 Å². The fraction of sp³-hybridized carbons (Fsp3) is 0.467. The van der Waals surface area contributed by atoms with Crippen LogP contribution in [-0.2, 0) is 14.8 Å². The van der Waals surface area contributed by atoms with Gasteiger partial charge in [-0.15, -0.1) is 0 Å². The van der Waals surface area contributed by atoms with Crippen LogP contribution in [-0.4, -0.2) is 46.0 Å². The third-order valence-electron chi connectivity index (χ3n) is 3.04. The van der Waals surface area contributed by atoms with E-state index in [1.807, 2.05) is 13.8 Å². The summed E-state index contributed by atoms with van der Waals surface area (Å²) in [5.41, 5.74) is 4.23. The number of nitrogens with one attached hydrogen (secondary N) is 3. The number of hydrogen-bond donors (Lipinski definition) is 3. The van der Waals surface area contributed by atoms with Crippen molar-refractivity contribution in [3.05, 3.63) is 29.8 Å². The molecule has 0 atom stereocenters. The summed E-state index contributed by atoms with van der Waals surface area (Å²) in [5, 5.41) is 7.51. The Labute approximate surface area is 148 Å². The zero-order chi connectivity index (χ0) is 18.0. The minimum Gasteiger partial charge on any atom is -0.383 e. The maximum atomic E-state index is 12.0. The Hall–Kier alpha value is -1.55. The third kappa shape index (κ3) is 6.91. The van der Waals surface area contributed by atoms with E-state index in [0.717, 1.165) is 12.0 Å². The molecule has 134 valence electrons. The Morgan fingerprint density at radius 1 is 1.25 bits per heavy atom. The van der Waals surface area contributed by atoms with Crippen molar-refractivity contribution >= 4 is 33.1 Å². The molecule has 0 unspecified atom stereocenters. The second kappa shape index (κ2) is 10.3. The standard InChI is InChI=1S/C15H24N4O3S2/c1-4-9-17-24(20,21)14-7-5-13(6-8-14)12(2)18-19-15(23)16-10-11-22-3/h5-8,17H,4,9-11H2,1-3H3,(H2,16,19,23)/b18-12-. The topological polar surface area (TPSA) is 91.8 Å². The molecule has 0 bridgehead atoms. The van der Waals surface area contributed by atoms with E-state index in [4.69, 9.17) is 17.0 Å². The molecule has 9 heteroatoms. The van der Waals surface area contributed by atoms with Crippen LogP contribution >= 0.6 is 12.2 Å². The van der Waals surface area contributed by atoms with Crippen LogP contribution in [0.1, 0.15) is 25.8 Å². The van der Waals surface area contributed by atoms with Crippen LogP contribution in [0.15, 0.2) is 34.3 Å². The van der Waals surface area contributed by atoms with E-state index < -0.39 is 10.0 Å². The summed E-state index contributed by atoms with van der Waals surface area (Å²) in [6.45, 7) is 5.28. The lowest BCUT2D eigenvalue weighted by atomic mass is 10.1. The minimum atomic E-state index is -3.45. The van der Waals surface area contributed by atoms with Gasteiger partial charge in [0.15, 0.2) is 5.11 Å². The Bertz CT molecular complexity index is 658. The van der Waals surface area contributed by atoms with Gasteiger partial charge in [-0.25, -0.2) is 13.1 Å². The van der Waals surface area contributed by atoms with E-state index in [-0.39, 0.29) is 4.90 Å². The van der Waals surface area contributed by atoms with Crippen LogP contribution in [0.25, 0.3) is 0 Å². The Morgan fingerprint density at radius 3 is 2.50 bits per heavy atom. The van der Waals surface area contributed by atoms with Gasteiger partial charge in [0.2, 0.25) is 10.0 Å². The molecule has 0 heterocycles. The molecule has 1 rings (SSSR count). The molecule has 7 nitrogen and oxygen atoms in total. The number of methoxy groups -OCH3 is 1. The van der Waals surface area contributed by atoms with Gasteiger partial charge in [0.05, 0.1) is 17.2 Å². The highest BCUT2D eigenvalue weighted by Crippen LogP contribution is 2.11. The first-order valence-electron chi connectivity index (χ1n) is 7.58. The number of thiocarbonyl (C=S) groups is 1. The lowest BCUT2D eigenvalue weighted by Gasteiger charge is -2.08. The predicted octanol–water partition coefficient (Wildman–Crippen LogP) is 1.21. The van der Waals surface area contributed by atoms with Crippen LogP contribution < -0.4 is 15.5 Å². The zero-order valence-corrected chi connectivity index (χ0v) is 15.8. The molecule has 0 saturated carbocycles. The van der Waals surface area contributed by atoms with Crippen LogP contribution in [0.5, 0.6) is 0 Å². The molecule has 0 amide bonds. The minimum absolute atomic E-state index is 0.234. The van der Waals surface area contributed by atoms with Gasteiger partial charge in [0, 0.05) is 20.2 Å². The lowest BCUT2D eigenvalue weighted by Crippen LogP contribution is -2.34. The molecule has 0 fully saturated rings. The van der Waals surface area contributed by atoms with Crippen molar-refractivity contribution in [2.45, 2.75) is 25.2 Å². The molecule has 0 aliphatic rings. The first-order chi connectivity index (χ1) is 11.4. The quantitative estimate of drug-likeness (QED) is 0.261. The van der Waals surface area contributed by atoms with Crippen LogP contribution in [0.2, 0.25) is 0 Å². The SMILES string of the molecule is CCCNS(=O)(=O)c1ccc(/C(C)=N\NC(=S)NCCOC)cc1. The van der Waals surface area contributed by atoms with Gasteiger partial charge in [-0.05, 0) is 43.3 Å². The Morgan fingerprint density at radius 2 is 1.92 bits per heavy atom. The largest absolute Gasteiger partial charge is 0.383 e. The van der Waals surface area contributed by atoms with E-state index in [1.54, 1.807) is 31.4 Å². The highest BCUT2D eigenvalue weighted by atomic mass is 32.2. The van der Waals surface area contributed by atoms with Crippen LogP contribution in [0.4, 0.5) is 0 Å². The van der Waals surface area contributed by atoms with E-state index in [9.17, 15) is 8.42 Å². The Balaban J connectivity index is 2.67. The van der Waals surface area contributed by atoms with Gasteiger partial charge in [-0.2, -0.15) is 5.10 Å². The molecule has 0 spiro atoms. The molecule has 0 radical (unpaired) electrons. The monoisotopic (exact) mass is 372 g/mol. The van der Waals surface area contributed by atoms with Gasteiger partial charge in [-0.3, -0.25) is 5.43 Å². The van der Waals surface area contributed by atoms with E-state index in [1.165, 1.54) is 0 Å². The van der Waals surface area contributed by atoms with Crippen molar-refractivity contribution in [1.82, 2.24) is 15.5 Å². The number of nitrogens with zero attached hydrogens (tertiary/aromatic N) is 1. The second-order valence-corrected chi connectivity index (χ2v) is 7.16. The normalized spacial score (nSPS) is 12.0. The number of sulfonamides is 1. The average Bonchev–Trinajstić information content (AvgIpc) is 2.58. The van der Waals surface area contributed by atoms with Crippen molar-refractivity contribution in [3.8, 4) is 0 Å². The maximum Gasteiger partial charge on any atom is 0.240 e. The predicted molar refractivity (Wildman–Crippen MR) is 99.7 cm³/mol. The lowest BCUT2D eigenvalue weighted by molar-refractivity contribution is 0.204. The molecular formula is C15H24N4O3S2. The van der Waals surface area contributed by atoms with Crippen molar-refractivity contribution in [2.24, 2.45) is 5.10 Å². The molecule has 0 aromatic heterocycles. The molecule has 1 aromatic rings. The zero-order valence-electron chi connectivity index (χ0n) is 14.1. The van der Waals surface area contributed by atoms with Gasteiger partial charge in [0.25, 0.3) is 0 Å². The third-order valence-corrected chi connectivity index (χ3v) is 4.75. The first-order valence-corrected chi connectivity index (χ1v) is 9.47. The van der Waals surface area contributed by atoms with Gasteiger partial charge >= 0.3 is 0 Å². The molecule has 1 aromatic carbocycles. The molecule has 24 heavy (non-hydrogen) atoms. The summed E-state index contributed by atoms with van der Waals surface area (Å²) in [6, 6.07) is 6.54. The molecular weight excluding hydrogens is 348 g/mol. The number of hydrazone groups is 1. The highest BCUT2D eigenvalue weighted by molar-refractivity contribution is 7.89. The maximum absolute atomic E-state index is 12.0. The summed E-state index contributed by atoms with van der Waals surface area (Å²) >= 11 is 5.07. The number of hydrogen-bond acceptors (Lipinski definition) is 5. The van der Waals surface area contributed by atoms with Gasteiger partial charge < -0.3 is 10.1 Å². The first kappa shape index (κ1) is 20.5. The molecule has 0 aliphatic carbocycles. The van der Waals surface area contributed by atoms with Crippen molar-refractivity contribution in [3.63, 3.8) is 0 Å². The summed E-state index contributed by atoms with van der Waals surface area (Å²) in [5.74, 6) is 0. The highest BCUT2D eigenvalue weighted by Gasteiger charge is 2.12. The van der Waals surface area contributed by atoms with Crippen LogP contribution in [0.3, 0.4) is 0 Å². The van der Waals surface area contributed by atoms with Crippen molar-refractivity contribution in [1.29, 1.82) is 0 Å². The number of rotatable bonds is 9. The van der Waals surface area contributed by atoms with Crippen LogP contribution in [0, 0.1) is 0 Å². The molecule has 0 saturated heterocycles. The molecule has 0 aliphatic heterocycles. The van der Waals surface area contributed by atoms with E-state index >= 15 is 0 Å². The van der Waals surface area contributed by atoms with Crippen molar-refractivity contribution < 1.29 is 13.2 Å². The van der Waals surface area contributed by atoms with Gasteiger partial charge in [0.1, 0.15) is 0 Å². The fourth-order valence-corrected chi connectivity index (χ4v) is 2.98. The van der Waals surface area contributed by atoms with Gasteiger partial charge in [-0.1, -0.05) is 19.1 Å². The number of ether oxygens (including phenoxy) is 1.